The Hall–Kier alpha value is -3.99. The first kappa shape index (κ1) is 21.2. The number of rotatable bonds is 9. The highest BCUT2D eigenvalue weighted by molar-refractivity contribution is 7.18. The molecule has 2 N–H and O–H groups in total. The molecule has 2 aromatic carbocycles. The van der Waals surface area contributed by atoms with Crippen LogP contribution in [0.5, 0.6) is 17.2 Å². The highest BCUT2D eigenvalue weighted by atomic mass is 32.1. The summed E-state index contributed by atoms with van der Waals surface area (Å²) in [7, 11) is 3.16. The Morgan fingerprint density at radius 2 is 1.91 bits per heavy atom. The van der Waals surface area contributed by atoms with E-state index in [0.717, 1.165) is 15.2 Å². The molecule has 0 bridgehead atoms. The van der Waals surface area contributed by atoms with E-state index < -0.39 is 12.6 Å². The number of fused-ring (bicyclic) bond motifs is 1. The van der Waals surface area contributed by atoms with Crippen molar-refractivity contribution in [3.63, 3.8) is 0 Å². The number of carboxylic acids is 1. The molecule has 11 heteroatoms. The van der Waals surface area contributed by atoms with Crippen molar-refractivity contribution in [2.45, 2.75) is 6.54 Å². The minimum absolute atomic E-state index is 0.334. The summed E-state index contributed by atoms with van der Waals surface area (Å²) in [6.45, 7) is -0.0133. The molecular formula is C21H19N5O5S. The summed E-state index contributed by atoms with van der Waals surface area (Å²) >= 11 is 1.50. The molecule has 2 aromatic heterocycles. The van der Waals surface area contributed by atoms with Crippen LogP contribution in [0.2, 0.25) is 0 Å². The number of nitrogens with one attached hydrogen (secondary N) is 1. The minimum atomic E-state index is -1.03. The Morgan fingerprint density at radius 3 is 2.62 bits per heavy atom. The summed E-state index contributed by atoms with van der Waals surface area (Å²) < 4.78 is 17.1. The Balaban J connectivity index is 1.52. The molecule has 0 amide bonds. The molecule has 4 aromatic rings. The largest absolute Gasteiger partial charge is 0.496 e. The van der Waals surface area contributed by atoms with E-state index in [0.29, 0.717) is 41.0 Å². The molecule has 2 heterocycles. The summed E-state index contributed by atoms with van der Waals surface area (Å²) in [4.78, 5) is 19.8. The van der Waals surface area contributed by atoms with Gasteiger partial charge < -0.3 is 24.6 Å². The Labute approximate surface area is 186 Å². The highest BCUT2D eigenvalue weighted by Crippen LogP contribution is 2.37. The molecule has 0 aliphatic carbocycles. The lowest BCUT2D eigenvalue weighted by Crippen LogP contribution is -2.09. The zero-order valence-corrected chi connectivity index (χ0v) is 18.0. The fourth-order valence-corrected chi connectivity index (χ4v) is 3.91. The van der Waals surface area contributed by atoms with Gasteiger partial charge in [-0.25, -0.2) is 14.8 Å². The molecule has 0 unspecified atom stereocenters. The number of methoxy groups -OCH3 is 2. The number of hydrogen-bond acceptors (Lipinski definition) is 10. The van der Waals surface area contributed by atoms with Crippen LogP contribution in [0.3, 0.4) is 0 Å². The van der Waals surface area contributed by atoms with Crippen molar-refractivity contribution in [3.05, 3.63) is 47.6 Å². The fourth-order valence-electron chi connectivity index (χ4n) is 3.02. The second-order valence-electron chi connectivity index (χ2n) is 6.48. The standard InChI is InChI=1S/C21H19N5O5S/c1-29-15-4-3-5-16(30-2)20(15)14-9-23-26-21(25-14)22-10-18-24-13-8-12(31-11-19(27)28)6-7-17(13)32-18/h3-9H,10-11H2,1-2H3,(H,27,28)(H,22,25,26). The molecule has 0 spiro atoms. The van der Waals surface area contributed by atoms with E-state index in [-0.39, 0.29) is 0 Å². The Morgan fingerprint density at radius 1 is 1.12 bits per heavy atom. The molecule has 4 rings (SSSR count). The van der Waals surface area contributed by atoms with E-state index in [1.165, 1.54) is 11.3 Å². The smallest absolute Gasteiger partial charge is 0.341 e. The number of thiazole rings is 1. The van der Waals surface area contributed by atoms with Gasteiger partial charge in [-0.05, 0) is 24.3 Å². The van der Waals surface area contributed by atoms with Crippen molar-refractivity contribution in [2.24, 2.45) is 0 Å². The number of aliphatic carboxylic acids is 1. The van der Waals surface area contributed by atoms with Gasteiger partial charge in [0.25, 0.3) is 0 Å². The van der Waals surface area contributed by atoms with Crippen LogP contribution in [0.15, 0.2) is 42.6 Å². The fraction of sp³-hybridized carbons (Fsp3) is 0.190. The molecule has 0 saturated heterocycles. The zero-order chi connectivity index (χ0) is 22.5. The third kappa shape index (κ3) is 4.67. The average molecular weight is 453 g/mol. The zero-order valence-electron chi connectivity index (χ0n) is 17.2. The van der Waals surface area contributed by atoms with Crippen LogP contribution in [0.4, 0.5) is 5.95 Å². The predicted molar refractivity (Wildman–Crippen MR) is 118 cm³/mol. The van der Waals surface area contributed by atoms with Crippen LogP contribution >= 0.6 is 11.3 Å². The predicted octanol–water partition coefficient (Wildman–Crippen LogP) is 3.24. The van der Waals surface area contributed by atoms with Crippen molar-refractivity contribution >= 4 is 33.5 Å². The normalized spacial score (nSPS) is 10.7. The summed E-state index contributed by atoms with van der Waals surface area (Å²) in [5.74, 6) is 0.983. The maximum Gasteiger partial charge on any atom is 0.341 e. The van der Waals surface area contributed by atoms with Gasteiger partial charge in [0.15, 0.2) is 6.61 Å². The van der Waals surface area contributed by atoms with Crippen molar-refractivity contribution < 1.29 is 24.1 Å². The molecule has 0 aliphatic rings. The number of hydrogen-bond donors (Lipinski definition) is 2. The Kier molecular flexibility index (Phi) is 6.26. The number of ether oxygens (including phenoxy) is 3. The molecule has 10 nitrogen and oxygen atoms in total. The second-order valence-corrected chi connectivity index (χ2v) is 7.59. The molecular weight excluding hydrogens is 434 g/mol. The average Bonchev–Trinajstić information content (AvgIpc) is 3.23. The van der Waals surface area contributed by atoms with Crippen molar-refractivity contribution in [1.82, 2.24) is 20.2 Å². The van der Waals surface area contributed by atoms with E-state index in [1.54, 1.807) is 32.5 Å². The number of anilines is 1. The van der Waals surface area contributed by atoms with Crippen LogP contribution in [-0.2, 0) is 11.3 Å². The summed E-state index contributed by atoms with van der Waals surface area (Å²) in [5.41, 5.74) is 1.96. The number of benzene rings is 2. The Bertz CT molecular complexity index is 1240. The lowest BCUT2D eigenvalue weighted by Gasteiger charge is -2.12. The summed E-state index contributed by atoms with van der Waals surface area (Å²) in [6, 6.07) is 10.8. The van der Waals surface area contributed by atoms with Gasteiger partial charge in [-0.15, -0.1) is 16.4 Å². The van der Waals surface area contributed by atoms with Crippen LogP contribution in [0, 0.1) is 0 Å². The van der Waals surface area contributed by atoms with E-state index in [2.05, 4.69) is 25.5 Å². The molecule has 0 saturated carbocycles. The number of carbonyl (C=O) groups is 1. The number of aromatic nitrogens is 4. The van der Waals surface area contributed by atoms with Gasteiger partial charge in [0, 0.05) is 6.07 Å². The van der Waals surface area contributed by atoms with E-state index in [4.69, 9.17) is 19.3 Å². The lowest BCUT2D eigenvalue weighted by molar-refractivity contribution is -0.139. The topological polar surface area (TPSA) is 129 Å². The van der Waals surface area contributed by atoms with Gasteiger partial charge in [0.1, 0.15) is 28.0 Å². The SMILES string of the molecule is COc1cccc(OC)c1-c1cnnc(NCc2nc3cc(OCC(=O)O)ccc3s2)n1. The first-order valence-electron chi connectivity index (χ1n) is 9.46. The maximum atomic E-state index is 10.7. The van der Waals surface area contributed by atoms with Crippen LogP contribution in [-0.4, -0.2) is 52.1 Å². The van der Waals surface area contributed by atoms with Crippen LogP contribution in [0.25, 0.3) is 21.5 Å². The van der Waals surface area contributed by atoms with E-state index in [9.17, 15) is 4.79 Å². The van der Waals surface area contributed by atoms with Gasteiger partial charge in [0.2, 0.25) is 5.95 Å². The third-order valence-electron chi connectivity index (χ3n) is 4.41. The quantitative estimate of drug-likeness (QED) is 0.390. The first-order valence-corrected chi connectivity index (χ1v) is 10.3. The van der Waals surface area contributed by atoms with Crippen molar-refractivity contribution in [3.8, 4) is 28.5 Å². The molecule has 0 radical (unpaired) electrons. The van der Waals surface area contributed by atoms with Crippen LogP contribution < -0.4 is 19.5 Å². The van der Waals surface area contributed by atoms with Gasteiger partial charge >= 0.3 is 5.97 Å². The maximum absolute atomic E-state index is 10.7. The van der Waals surface area contributed by atoms with Gasteiger partial charge in [0.05, 0.1) is 42.7 Å². The summed E-state index contributed by atoms with van der Waals surface area (Å²) in [5, 5.41) is 20.8. The molecule has 0 atom stereocenters. The van der Waals surface area contributed by atoms with Gasteiger partial charge in [-0.3, -0.25) is 0 Å². The lowest BCUT2D eigenvalue weighted by atomic mass is 10.1. The molecule has 32 heavy (non-hydrogen) atoms. The first-order chi connectivity index (χ1) is 15.6. The summed E-state index contributed by atoms with van der Waals surface area (Å²) in [6.07, 6.45) is 1.54. The van der Waals surface area contributed by atoms with Crippen LogP contribution in [0.1, 0.15) is 5.01 Å². The van der Waals surface area contributed by atoms with Crippen molar-refractivity contribution in [1.29, 1.82) is 0 Å². The molecule has 0 aliphatic heterocycles. The van der Waals surface area contributed by atoms with E-state index >= 15 is 0 Å². The molecule has 164 valence electrons. The molecule has 0 fully saturated rings. The van der Waals surface area contributed by atoms with Gasteiger partial charge in [-0.2, -0.15) is 5.10 Å². The van der Waals surface area contributed by atoms with E-state index in [1.807, 2.05) is 24.3 Å². The van der Waals surface area contributed by atoms with Crippen molar-refractivity contribution in [2.75, 3.05) is 26.1 Å². The third-order valence-corrected chi connectivity index (χ3v) is 5.44. The monoisotopic (exact) mass is 453 g/mol. The second kappa shape index (κ2) is 9.43. The minimum Gasteiger partial charge on any atom is -0.496 e. The van der Waals surface area contributed by atoms with Gasteiger partial charge in [-0.1, -0.05) is 6.07 Å². The number of nitrogens with zero attached hydrogens (tertiary/aromatic N) is 4. The number of carboxylic acid groups (broad SMARTS) is 1. The highest BCUT2D eigenvalue weighted by Gasteiger charge is 2.15.